The predicted octanol–water partition coefficient (Wildman–Crippen LogP) is 5.89. The van der Waals surface area contributed by atoms with Gasteiger partial charge in [0.1, 0.15) is 11.9 Å². The molecule has 36 heavy (non-hydrogen) atoms. The van der Waals surface area contributed by atoms with Gasteiger partial charge in [-0.2, -0.15) is 13.2 Å². The van der Waals surface area contributed by atoms with E-state index in [0.29, 0.717) is 24.8 Å². The molecule has 0 saturated heterocycles. The average molecular weight is 502 g/mol. The third-order valence-electron chi connectivity index (χ3n) is 5.49. The Kier molecular flexibility index (Phi) is 8.68. The molecule has 3 rings (SSSR count). The maximum atomic E-state index is 13.3. The van der Waals surface area contributed by atoms with Gasteiger partial charge in [-0.15, -0.1) is 0 Å². The number of carboxylic acid groups (broad SMARTS) is 1. The summed E-state index contributed by atoms with van der Waals surface area (Å²) in [5.74, 6) is -1.06. The van der Waals surface area contributed by atoms with Crippen molar-refractivity contribution in [2.24, 2.45) is 0 Å². The first-order chi connectivity index (χ1) is 17.0. The van der Waals surface area contributed by atoms with Crippen LogP contribution in [0.2, 0.25) is 0 Å². The Morgan fingerprint density at radius 3 is 2.44 bits per heavy atom. The largest absolute Gasteiger partial charge is 0.493 e. The van der Waals surface area contributed by atoms with Crippen LogP contribution in [-0.4, -0.2) is 34.6 Å². The molecular weight excluding hydrogens is 475 g/mol. The molecule has 0 aliphatic rings. The summed E-state index contributed by atoms with van der Waals surface area (Å²) in [4.78, 5) is 27.5. The molecule has 190 valence electrons. The number of aliphatic carboxylic acids is 1. The molecule has 0 aliphatic heterocycles. The Balaban J connectivity index is 1.66. The van der Waals surface area contributed by atoms with Gasteiger partial charge in [0.15, 0.2) is 5.78 Å². The van der Waals surface area contributed by atoms with Crippen molar-refractivity contribution in [2.75, 3.05) is 6.61 Å². The number of carbonyl (C=O) groups is 2. The van der Waals surface area contributed by atoms with E-state index in [1.54, 1.807) is 31.2 Å². The molecule has 3 aromatic rings. The number of aryl methyl sites for hydroxylation is 2. The van der Waals surface area contributed by atoms with Crippen LogP contribution >= 0.6 is 0 Å². The highest BCUT2D eigenvalue weighted by Gasteiger charge is 2.33. The molecule has 2 aromatic carbocycles. The first kappa shape index (κ1) is 26.7. The molecular formula is C27H26F3NO5. The lowest BCUT2D eigenvalue weighted by Crippen LogP contribution is -2.19. The molecule has 0 radical (unpaired) electrons. The topological polar surface area (TPSA) is 85.7 Å². The number of halogens is 3. The standard InChI is InChI=1S/C27H26F3NO5/c1-17-14-22(10-8-19(17)9-11-24(32)33)35-13-12-18(2)36-26-23(15-21(16-31-26)27(28,29)30)25(34)20-6-4-3-5-7-20/h3-8,10,14-16,18H,9,11-13H2,1-2H3,(H,32,33)/t18-/m1/s1. The van der Waals surface area contributed by atoms with Crippen LogP contribution in [0.4, 0.5) is 13.2 Å². The van der Waals surface area contributed by atoms with E-state index < -0.39 is 29.6 Å². The van der Waals surface area contributed by atoms with Gasteiger partial charge in [0.05, 0.1) is 17.7 Å². The zero-order chi connectivity index (χ0) is 26.3. The molecule has 0 unspecified atom stereocenters. The molecule has 0 saturated carbocycles. The number of benzene rings is 2. The molecule has 9 heteroatoms. The van der Waals surface area contributed by atoms with Gasteiger partial charge in [0.2, 0.25) is 5.88 Å². The minimum Gasteiger partial charge on any atom is -0.493 e. The fraction of sp³-hybridized carbons (Fsp3) is 0.296. The van der Waals surface area contributed by atoms with Crippen molar-refractivity contribution in [3.05, 3.63) is 88.6 Å². The number of nitrogens with zero attached hydrogens (tertiary/aromatic N) is 1. The van der Waals surface area contributed by atoms with E-state index >= 15 is 0 Å². The van der Waals surface area contributed by atoms with Gasteiger partial charge in [-0.25, -0.2) is 4.98 Å². The molecule has 0 aliphatic carbocycles. The van der Waals surface area contributed by atoms with Crippen molar-refractivity contribution < 1.29 is 37.3 Å². The fourth-order valence-electron chi connectivity index (χ4n) is 3.48. The second-order valence-corrected chi connectivity index (χ2v) is 8.32. The monoisotopic (exact) mass is 501 g/mol. The number of ketones is 1. The van der Waals surface area contributed by atoms with E-state index in [1.165, 1.54) is 12.1 Å². The number of hydrogen-bond acceptors (Lipinski definition) is 5. The van der Waals surface area contributed by atoms with E-state index in [9.17, 15) is 22.8 Å². The average Bonchev–Trinajstić information content (AvgIpc) is 2.83. The zero-order valence-corrected chi connectivity index (χ0v) is 19.8. The summed E-state index contributed by atoms with van der Waals surface area (Å²) in [6.45, 7) is 3.83. The van der Waals surface area contributed by atoms with Gasteiger partial charge < -0.3 is 14.6 Å². The normalized spacial score (nSPS) is 12.1. The summed E-state index contributed by atoms with van der Waals surface area (Å²) >= 11 is 0. The van der Waals surface area contributed by atoms with E-state index in [4.69, 9.17) is 14.6 Å². The van der Waals surface area contributed by atoms with Crippen LogP contribution < -0.4 is 9.47 Å². The SMILES string of the molecule is Cc1cc(OCC[C@@H](C)Oc2ncc(C(F)(F)F)cc2C(=O)c2ccccc2)ccc1CCC(=O)O. The maximum absolute atomic E-state index is 13.3. The lowest BCUT2D eigenvalue weighted by atomic mass is 10.0. The summed E-state index contributed by atoms with van der Waals surface area (Å²) in [5, 5.41) is 8.84. The van der Waals surface area contributed by atoms with Crippen LogP contribution in [0.25, 0.3) is 0 Å². The van der Waals surface area contributed by atoms with Crippen LogP contribution in [0.15, 0.2) is 60.8 Å². The smallest absolute Gasteiger partial charge is 0.417 e. The Morgan fingerprint density at radius 1 is 1.08 bits per heavy atom. The van der Waals surface area contributed by atoms with Crippen LogP contribution in [-0.2, 0) is 17.4 Å². The Bertz CT molecular complexity index is 1210. The highest BCUT2D eigenvalue weighted by Crippen LogP contribution is 2.32. The highest BCUT2D eigenvalue weighted by atomic mass is 19.4. The number of carboxylic acids is 1. The van der Waals surface area contributed by atoms with Crippen LogP contribution in [0.1, 0.15) is 52.4 Å². The molecule has 6 nitrogen and oxygen atoms in total. The molecule has 0 spiro atoms. The third kappa shape index (κ3) is 7.31. The van der Waals surface area contributed by atoms with Gasteiger partial charge in [-0.3, -0.25) is 9.59 Å². The number of ether oxygens (including phenoxy) is 2. The van der Waals surface area contributed by atoms with Gasteiger partial charge in [0.25, 0.3) is 0 Å². The van der Waals surface area contributed by atoms with Crippen LogP contribution in [0.5, 0.6) is 11.6 Å². The third-order valence-corrected chi connectivity index (χ3v) is 5.49. The molecule has 1 N–H and O–H groups in total. The van der Waals surface area contributed by atoms with Gasteiger partial charge in [-0.05, 0) is 49.6 Å². The van der Waals surface area contributed by atoms with Crippen molar-refractivity contribution in [2.45, 2.75) is 45.4 Å². The molecule has 0 fully saturated rings. The second-order valence-electron chi connectivity index (χ2n) is 8.32. The first-order valence-electron chi connectivity index (χ1n) is 11.3. The highest BCUT2D eigenvalue weighted by molar-refractivity contribution is 6.10. The minimum atomic E-state index is -4.65. The number of pyridine rings is 1. The summed E-state index contributed by atoms with van der Waals surface area (Å²) in [6.07, 6.45) is -3.67. The van der Waals surface area contributed by atoms with E-state index in [-0.39, 0.29) is 30.0 Å². The summed E-state index contributed by atoms with van der Waals surface area (Å²) in [6, 6.07) is 14.1. The van der Waals surface area contributed by atoms with Crippen LogP contribution in [0, 0.1) is 6.92 Å². The summed E-state index contributed by atoms with van der Waals surface area (Å²) < 4.78 is 51.3. The zero-order valence-electron chi connectivity index (χ0n) is 19.8. The minimum absolute atomic E-state index is 0.0443. The Morgan fingerprint density at radius 2 is 1.81 bits per heavy atom. The van der Waals surface area contributed by atoms with Crippen molar-refractivity contribution in [1.29, 1.82) is 0 Å². The Hall–Kier alpha value is -3.88. The van der Waals surface area contributed by atoms with Crippen molar-refractivity contribution >= 4 is 11.8 Å². The number of hydrogen-bond donors (Lipinski definition) is 1. The summed E-state index contributed by atoms with van der Waals surface area (Å²) in [7, 11) is 0. The molecule has 1 heterocycles. The molecule has 0 amide bonds. The van der Waals surface area contributed by atoms with Gasteiger partial charge in [-0.1, -0.05) is 36.4 Å². The van der Waals surface area contributed by atoms with Crippen molar-refractivity contribution in [3.8, 4) is 11.6 Å². The van der Waals surface area contributed by atoms with E-state index in [1.807, 2.05) is 19.1 Å². The lowest BCUT2D eigenvalue weighted by Gasteiger charge is -2.18. The molecule has 1 aromatic heterocycles. The van der Waals surface area contributed by atoms with E-state index in [0.717, 1.165) is 17.2 Å². The number of carbonyl (C=O) groups excluding carboxylic acids is 1. The fourth-order valence-corrected chi connectivity index (χ4v) is 3.48. The number of aromatic nitrogens is 1. The number of rotatable bonds is 11. The second kappa shape index (κ2) is 11.7. The number of alkyl halides is 3. The maximum Gasteiger partial charge on any atom is 0.417 e. The van der Waals surface area contributed by atoms with Crippen LogP contribution in [0.3, 0.4) is 0 Å². The van der Waals surface area contributed by atoms with Crippen molar-refractivity contribution in [3.63, 3.8) is 0 Å². The predicted molar refractivity (Wildman–Crippen MR) is 126 cm³/mol. The molecule has 1 atom stereocenters. The van der Waals surface area contributed by atoms with Crippen molar-refractivity contribution in [1.82, 2.24) is 4.98 Å². The summed E-state index contributed by atoms with van der Waals surface area (Å²) in [5.41, 5.74) is 0.756. The Labute approximate surface area is 206 Å². The lowest BCUT2D eigenvalue weighted by molar-refractivity contribution is -0.138. The first-order valence-corrected chi connectivity index (χ1v) is 11.3. The van der Waals surface area contributed by atoms with Gasteiger partial charge in [0, 0.05) is 24.6 Å². The quantitative estimate of drug-likeness (QED) is 0.330. The molecule has 0 bridgehead atoms. The van der Waals surface area contributed by atoms with E-state index in [2.05, 4.69) is 4.98 Å². The van der Waals surface area contributed by atoms with Gasteiger partial charge >= 0.3 is 12.1 Å².